The number of rotatable bonds is 5. The van der Waals surface area contributed by atoms with E-state index in [2.05, 4.69) is 15.0 Å². The second kappa shape index (κ2) is 10.1. The molecule has 0 aliphatic carbocycles. The summed E-state index contributed by atoms with van der Waals surface area (Å²) in [4.78, 5) is 34.0. The number of aryl methyl sites for hydroxylation is 2. The molecule has 3 rings (SSSR count). The number of aliphatic hydroxyl groups is 4. The normalized spacial score (nSPS) is 14.1. The van der Waals surface area contributed by atoms with Gasteiger partial charge in [-0.25, -0.2) is 9.78 Å². The molecule has 29 heavy (non-hydrogen) atoms. The van der Waals surface area contributed by atoms with Crippen LogP contribution in [0, 0.1) is 13.8 Å². The Bertz CT molecular complexity index is 1090. The Labute approximate surface area is 193 Å². The molecule has 3 atom stereocenters. The third-order valence-corrected chi connectivity index (χ3v) is 4.57. The quantitative estimate of drug-likeness (QED) is 0.228. The number of nitrogens with zero attached hydrogens (tertiary/aromatic N) is 3. The van der Waals surface area contributed by atoms with Crippen molar-refractivity contribution in [3.8, 4) is 11.5 Å². The molecule has 0 saturated carbocycles. The number of fused-ring (bicyclic) bond motifs is 2. The molecule has 0 amide bonds. The van der Waals surface area contributed by atoms with E-state index in [1.54, 1.807) is 12.1 Å². The van der Waals surface area contributed by atoms with Crippen LogP contribution in [0.2, 0.25) is 0 Å². The third kappa shape index (κ3) is 5.04. The third-order valence-electron chi connectivity index (χ3n) is 4.57. The van der Waals surface area contributed by atoms with Gasteiger partial charge in [-0.05, 0) is 37.1 Å². The van der Waals surface area contributed by atoms with E-state index in [0.717, 1.165) is 11.1 Å². The van der Waals surface area contributed by atoms with Gasteiger partial charge >= 0.3 is 35.2 Å². The van der Waals surface area contributed by atoms with Gasteiger partial charge in [-0.3, -0.25) is 9.78 Å². The fourth-order valence-electron chi connectivity index (χ4n) is 2.89. The number of hydrogen-bond acceptors (Lipinski definition) is 8. The number of aromatic nitrogens is 4. The summed E-state index contributed by atoms with van der Waals surface area (Å²) in [6, 6.07) is 3.53. The first kappa shape index (κ1) is 25.7. The summed E-state index contributed by atoms with van der Waals surface area (Å²) < 4.78 is 1.40. The van der Waals surface area contributed by atoms with Crippen molar-refractivity contribution in [2.45, 2.75) is 38.7 Å². The van der Waals surface area contributed by atoms with Gasteiger partial charge in [0.25, 0.3) is 5.56 Å². The van der Waals surface area contributed by atoms with Crippen LogP contribution >= 0.6 is 12.4 Å². The first-order valence-corrected chi connectivity index (χ1v) is 8.29. The maximum atomic E-state index is 12.2. The molecule has 0 saturated heterocycles. The van der Waals surface area contributed by atoms with Gasteiger partial charge in [-0.2, -0.15) is 4.98 Å². The molecule has 2 aliphatic heterocycles. The Morgan fingerprint density at radius 3 is 2.31 bits per heavy atom. The zero-order chi connectivity index (χ0) is 19.9. The van der Waals surface area contributed by atoms with Crippen molar-refractivity contribution >= 4 is 53.0 Å². The monoisotopic (exact) mass is 436 g/mol. The molecule has 0 bridgehead atoms. The second-order valence-electron chi connectivity index (χ2n) is 6.50. The van der Waals surface area contributed by atoms with E-state index in [0.29, 0.717) is 11.0 Å². The molecule has 0 aromatic heterocycles. The molecule has 5 N–H and O–H groups in total. The van der Waals surface area contributed by atoms with Crippen LogP contribution in [0.4, 0.5) is 0 Å². The molecule has 0 spiro atoms. The molecule has 10 nitrogen and oxygen atoms in total. The number of benzene rings is 1. The van der Waals surface area contributed by atoms with Crippen molar-refractivity contribution in [2.75, 3.05) is 6.61 Å². The molecular weight excluding hydrogens is 415 g/mol. The number of H-pyrrole nitrogens is 1. The van der Waals surface area contributed by atoms with E-state index in [1.165, 1.54) is 4.57 Å². The molecule has 154 valence electrons. The molecular formula is C17H22ClN4NaO6. The van der Waals surface area contributed by atoms with Crippen molar-refractivity contribution in [2.24, 2.45) is 0 Å². The number of aliphatic hydroxyl groups excluding tert-OH is 4. The number of nitrogens with one attached hydrogen (secondary N) is 1. The summed E-state index contributed by atoms with van der Waals surface area (Å²) in [5.74, 6) is -0.0516. The van der Waals surface area contributed by atoms with Crippen LogP contribution in [0.25, 0.3) is 22.6 Å². The Morgan fingerprint density at radius 1 is 1.07 bits per heavy atom. The molecule has 0 unspecified atom stereocenters. The zero-order valence-electron chi connectivity index (χ0n) is 15.2. The SMILES string of the molecule is Cc1cc2nc3c(=O)[nH]c(=O)nc-3n(C[C@@H](O)[C@@H](O)[C@@H](O)CO)c2cc1C.Cl.[NaH]. The van der Waals surface area contributed by atoms with E-state index >= 15 is 0 Å². The van der Waals surface area contributed by atoms with Crippen molar-refractivity contribution in [1.29, 1.82) is 0 Å². The van der Waals surface area contributed by atoms with E-state index in [9.17, 15) is 24.9 Å². The Kier molecular flexibility index (Phi) is 8.93. The average Bonchev–Trinajstić information content (AvgIpc) is 2.62. The summed E-state index contributed by atoms with van der Waals surface area (Å²) in [5, 5.41) is 38.8. The molecule has 2 heterocycles. The van der Waals surface area contributed by atoms with Gasteiger partial charge in [0, 0.05) is 0 Å². The molecule has 0 fully saturated rings. The standard InChI is InChI=1S/C17H20N4O6.ClH.Na.H/c1-7-3-9-10(4-8(7)2)21(5-11(23)14(25)12(24)6-22)15-13(18-9)16(26)20-17(27)19-15;;;/h3-4,11-12,14,22-25H,5-6H2,1-2H3,(H,20,26,27);1H;;/t11-,12+,14-;;;/m1.../s1. The van der Waals surface area contributed by atoms with Gasteiger partial charge in [0.1, 0.15) is 18.3 Å². The molecule has 0 radical (unpaired) electrons. The molecule has 1 aromatic carbocycles. The minimum absolute atomic E-state index is 0. The van der Waals surface area contributed by atoms with Gasteiger partial charge < -0.3 is 25.0 Å². The van der Waals surface area contributed by atoms with E-state index < -0.39 is 36.2 Å². The van der Waals surface area contributed by atoms with Crippen LogP contribution in [0.3, 0.4) is 0 Å². The van der Waals surface area contributed by atoms with Gasteiger partial charge in [-0.15, -0.1) is 12.4 Å². The van der Waals surface area contributed by atoms with Gasteiger partial charge in [0.15, 0.2) is 11.5 Å². The summed E-state index contributed by atoms with van der Waals surface area (Å²) >= 11 is 0. The van der Waals surface area contributed by atoms with Crippen LogP contribution < -0.4 is 11.2 Å². The van der Waals surface area contributed by atoms with E-state index in [-0.39, 0.29) is 60.0 Å². The Hall–Kier alpha value is -1.37. The first-order chi connectivity index (χ1) is 12.7. The first-order valence-electron chi connectivity index (χ1n) is 8.29. The van der Waals surface area contributed by atoms with Crippen LogP contribution in [0.15, 0.2) is 21.7 Å². The Morgan fingerprint density at radius 2 is 1.69 bits per heavy atom. The Balaban J connectivity index is 0.00000210. The fourth-order valence-corrected chi connectivity index (χ4v) is 2.89. The summed E-state index contributed by atoms with van der Waals surface area (Å²) in [5.41, 5.74) is 1.11. The number of hydrogen-bond donors (Lipinski definition) is 5. The van der Waals surface area contributed by atoms with E-state index in [1.807, 2.05) is 13.8 Å². The zero-order valence-corrected chi connectivity index (χ0v) is 16.0. The average molecular weight is 437 g/mol. The second-order valence-corrected chi connectivity index (χ2v) is 6.50. The maximum absolute atomic E-state index is 12.2. The van der Waals surface area contributed by atoms with Gasteiger partial charge in [-0.1, -0.05) is 0 Å². The predicted octanol–water partition coefficient (Wildman–Crippen LogP) is -1.95. The van der Waals surface area contributed by atoms with Crippen LogP contribution in [-0.4, -0.2) is 94.4 Å². The molecule has 12 heteroatoms. The number of halogens is 1. The summed E-state index contributed by atoms with van der Waals surface area (Å²) in [6.07, 6.45) is -4.68. The predicted molar refractivity (Wildman–Crippen MR) is 110 cm³/mol. The summed E-state index contributed by atoms with van der Waals surface area (Å²) in [7, 11) is 0. The van der Waals surface area contributed by atoms with Crippen molar-refractivity contribution in [3.63, 3.8) is 0 Å². The molecule has 1 aromatic rings. The van der Waals surface area contributed by atoms with Crippen molar-refractivity contribution in [3.05, 3.63) is 44.1 Å². The fraction of sp³-hybridized carbons (Fsp3) is 0.412. The summed E-state index contributed by atoms with van der Waals surface area (Å²) in [6.45, 7) is 2.73. The van der Waals surface area contributed by atoms with Crippen LogP contribution in [-0.2, 0) is 6.54 Å². The molecule has 2 aliphatic rings. The van der Waals surface area contributed by atoms with Crippen molar-refractivity contribution in [1.82, 2.24) is 19.5 Å². The van der Waals surface area contributed by atoms with Gasteiger partial charge in [0.2, 0.25) is 0 Å². The van der Waals surface area contributed by atoms with Crippen molar-refractivity contribution < 1.29 is 20.4 Å². The van der Waals surface area contributed by atoms with Crippen LogP contribution in [0.5, 0.6) is 0 Å². The minimum atomic E-state index is -1.64. The van der Waals surface area contributed by atoms with Gasteiger partial charge in [0.05, 0.1) is 24.2 Å². The topological polar surface area (TPSA) is 162 Å². The van der Waals surface area contributed by atoms with E-state index in [4.69, 9.17) is 5.11 Å². The van der Waals surface area contributed by atoms with Crippen LogP contribution in [0.1, 0.15) is 11.1 Å². The number of aromatic amines is 1.